The third-order valence-electron chi connectivity index (χ3n) is 6.57. The zero-order valence-electron chi connectivity index (χ0n) is 21.0. The van der Waals surface area contributed by atoms with Crippen LogP contribution >= 0.6 is 7.60 Å². The predicted molar refractivity (Wildman–Crippen MR) is 157 cm³/mol. The summed E-state index contributed by atoms with van der Waals surface area (Å²) in [4.78, 5) is 20.5. The molecule has 2 N–H and O–H groups in total. The molecule has 0 saturated heterocycles. The van der Waals surface area contributed by atoms with Crippen LogP contribution in [0, 0.1) is 0 Å². The summed E-state index contributed by atoms with van der Waals surface area (Å²) in [6.45, 7) is 0. The normalized spacial score (nSPS) is 11.3. The molecular weight excluding hydrogens is 489 g/mol. The molecule has 5 heteroatoms. The third-order valence-corrected chi connectivity index (χ3v) is 7.47. The van der Waals surface area contributed by atoms with E-state index in [1.165, 1.54) is 11.1 Å². The SMILES string of the molecule is O=P(O)(O)CCCc1ccc(N(c2ccc(-c3ccccc3)cc2)c2ccc(-c3ccccc3)cc2)cc1. The van der Waals surface area contributed by atoms with E-state index in [1.54, 1.807) is 0 Å². The molecule has 0 aliphatic rings. The summed E-state index contributed by atoms with van der Waals surface area (Å²) in [5.74, 6) is 0. The molecule has 0 saturated carbocycles. The van der Waals surface area contributed by atoms with Gasteiger partial charge in [-0.3, -0.25) is 4.57 Å². The minimum Gasteiger partial charge on any atom is -0.324 e. The Kier molecular flexibility index (Phi) is 7.86. The zero-order chi connectivity index (χ0) is 26.4. The van der Waals surface area contributed by atoms with Crippen molar-refractivity contribution in [2.24, 2.45) is 0 Å². The first kappa shape index (κ1) is 25.7. The predicted octanol–water partition coefficient (Wildman–Crippen LogP) is 8.60. The number of rotatable bonds is 9. The Bertz CT molecular complexity index is 1410. The van der Waals surface area contributed by atoms with Gasteiger partial charge in [0.1, 0.15) is 0 Å². The molecule has 0 heterocycles. The molecule has 5 aromatic rings. The summed E-state index contributed by atoms with van der Waals surface area (Å²) in [6, 6.07) is 46.0. The third kappa shape index (κ3) is 6.48. The average molecular weight is 520 g/mol. The van der Waals surface area contributed by atoms with Gasteiger partial charge in [0.25, 0.3) is 0 Å². The second-order valence-corrected chi connectivity index (χ2v) is 11.1. The van der Waals surface area contributed by atoms with Gasteiger partial charge in [0.2, 0.25) is 0 Å². The summed E-state index contributed by atoms with van der Waals surface area (Å²) in [5, 5.41) is 0. The van der Waals surface area contributed by atoms with Gasteiger partial charge in [-0.25, -0.2) is 0 Å². The topological polar surface area (TPSA) is 60.8 Å². The van der Waals surface area contributed by atoms with Crippen LogP contribution in [0.15, 0.2) is 133 Å². The summed E-state index contributed by atoms with van der Waals surface area (Å²) in [7, 11) is -3.97. The molecule has 0 aliphatic heterocycles. The van der Waals surface area contributed by atoms with Crippen molar-refractivity contribution < 1.29 is 14.4 Å². The van der Waals surface area contributed by atoms with E-state index in [2.05, 4.69) is 89.8 Å². The van der Waals surface area contributed by atoms with E-state index in [1.807, 2.05) is 48.5 Å². The summed E-state index contributed by atoms with van der Waals surface area (Å²) in [6.07, 6.45) is 0.987. The van der Waals surface area contributed by atoms with Crippen molar-refractivity contribution in [3.05, 3.63) is 139 Å². The first-order chi connectivity index (χ1) is 18.5. The highest BCUT2D eigenvalue weighted by atomic mass is 31.2. The molecule has 0 radical (unpaired) electrons. The highest BCUT2D eigenvalue weighted by molar-refractivity contribution is 7.51. The molecule has 0 spiro atoms. The van der Waals surface area contributed by atoms with E-state index in [9.17, 15) is 4.57 Å². The number of nitrogens with zero attached hydrogens (tertiary/aromatic N) is 1. The minimum atomic E-state index is -3.97. The Labute approximate surface area is 224 Å². The Hall–Kier alpha value is -3.95. The minimum absolute atomic E-state index is 0.0948. The fraction of sp³-hybridized carbons (Fsp3) is 0.0909. The highest BCUT2D eigenvalue weighted by Gasteiger charge is 2.14. The van der Waals surface area contributed by atoms with Gasteiger partial charge in [0.05, 0.1) is 6.16 Å². The quantitative estimate of drug-likeness (QED) is 0.191. The molecule has 0 amide bonds. The molecule has 0 aromatic heterocycles. The zero-order valence-corrected chi connectivity index (χ0v) is 21.9. The van der Waals surface area contributed by atoms with Crippen molar-refractivity contribution in [3.8, 4) is 22.3 Å². The van der Waals surface area contributed by atoms with E-state index in [0.29, 0.717) is 12.8 Å². The Morgan fingerprint density at radius 2 is 0.868 bits per heavy atom. The van der Waals surface area contributed by atoms with E-state index >= 15 is 0 Å². The Balaban J connectivity index is 1.45. The monoisotopic (exact) mass is 519 g/mol. The number of hydrogen-bond donors (Lipinski definition) is 2. The van der Waals surface area contributed by atoms with Gasteiger partial charge >= 0.3 is 7.60 Å². The smallest absolute Gasteiger partial charge is 0.324 e. The standard InChI is InChI=1S/C33H30NO3P/c35-38(36,37)25-7-8-26-13-19-31(20-14-26)34(32-21-15-29(16-22-32)27-9-3-1-4-10-27)33-23-17-30(18-24-33)28-11-5-2-6-12-28/h1-6,9-24H,7-8,25H2,(H2,35,36,37). The van der Waals surface area contributed by atoms with E-state index < -0.39 is 7.60 Å². The van der Waals surface area contributed by atoms with Crippen LogP contribution in [-0.2, 0) is 11.0 Å². The molecule has 5 rings (SSSR count). The second-order valence-electron chi connectivity index (χ2n) is 9.32. The second kappa shape index (κ2) is 11.6. The lowest BCUT2D eigenvalue weighted by Crippen LogP contribution is -2.10. The van der Waals surface area contributed by atoms with Crippen molar-refractivity contribution in [1.29, 1.82) is 0 Å². The van der Waals surface area contributed by atoms with Crippen molar-refractivity contribution >= 4 is 24.7 Å². The maximum Gasteiger partial charge on any atom is 0.325 e. The summed E-state index contributed by atoms with van der Waals surface area (Å²) in [5.41, 5.74) is 8.85. The summed E-state index contributed by atoms with van der Waals surface area (Å²) < 4.78 is 11.2. The maximum atomic E-state index is 11.2. The average Bonchev–Trinajstić information content (AvgIpc) is 2.95. The molecule has 5 aromatic carbocycles. The lowest BCUT2D eigenvalue weighted by molar-refractivity contribution is 0.371. The molecule has 190 valence electrons. The molecule has 4 nitrogen and oxygen atoms in total. The lowest BCUT2D eigenvalue weighted by atomic mass is 10.0. The first-order valence-corrected chi connectivity index (χ1v) is 14.5. The number of anilines is 3. The van der Waals surface area contributed by atoms with Gasteiger partial charge in [-0.2, -0.15) is 0 Å². The van der Waals surface area contributed by atoms with Crippen LogP contribution in [0.4, 0.5) is 17.1 Å². The van der Waals surface area contributed by atoms with E-state index in [4.69, 9.17) is 9.79 Å². The van der Waals surface area contributed by atoms with Crippen LogP contribution in [0.3, 0.4) is 0 Å². The van der Waals surface area contributed by atoms with Crippen molar-refractivity contribution in [1.82, 2.24) is 0 Å². The first-order valence-electron chi connectivity index (χ1n) is 12.7. The van der Waals surface area contributed by atoms with Crippen LogP contribution < -0.4 is 4.90 Å². The van der Waals surface area contributed by atoms with Crippen LogP contribution in [-0.4, -0.2) is 15.9 Å². The Morgan fingerprint density at radius 3 is 1.26 bits per heavy atom. The fourth-order valence-electron chi connectivity index (χ4n) is 4.62. The fourth-order valence-corrected chi connectivity index (χ4v) is 5.19. The number of aryl methyl sites for hydroxylation is 1. The molecule has 0 fully saturated rings. The van der Waals surface area contributed by atoms with E-state index in [0.717, 1.165) is 33.8 Å². The number of hydrogen-bond acceptors (Lipinski definition) is 2. The van der Waals surface area contributed by atoms with Crippen molar-refractivity contribution in [3.63, 3.8) is 0 Å². The van der Waals surface area contributed by atoms with Crippen LogP contribution in [0.2, 0.25) is 0 Å². The summed E-state index contributed by atoms with van der Waals surface area (Å²) >= 11 is 0. The number of benzene rings is 5. The van der Waals surface area contributed by atoms with Crippen LogP contribution in [0.5, 0.6) is 0 Å². The maximum absolute atomic E-state index is 11.2. The molecule has 0 aliphatic carbocycles. The largest absolute Gasteiger partial charge is 0.325 e. The van der Waals surface area contributed by atoms with Gasteiger partial charge in [0.15, 0.2) is 0 Å². The lowest BCUT2D eigenvalue weighted by Gasteiger charge is -2.26. The molecule has 38 heavy (non-hydrogen) atoms. The Morgan fingerprint density at radius 1 is 0.500 bits per heavy atom. The van der Waals surface area contributed by atoms with Crippen LogP contribution in [0.1, 0.15) is 12.0 Å². The van der Waals surface area contributed by atoms with Crippen molar-refractivity contribution in [2.45, 2.75) is 12.8 Å². The highest BCUT2D eigenvalue weighted by Crippen LogP contribution is 2.38. The molecule has 0 unspecified atom stereocenters. The molecule has 0 bridgehead atoms. The van der Waals surface area contributed by atoms with Gasteiger partial charge in [0, 0.05) is 17.1 Å². The molecule has 0 atom stereocenters. The van der Waals surface area contributed by atoms with Crippen LogP contribution in [0.25, 0.3) is 22.3 Å². The molecular formula is C33H30NO3P. The van der Waals surface area contributed by atoms with E-state index in [-0.39, 0.29) is 6.16 Å². The van der Waals surface area contributed by atoms with Gasteiger partial charge in [-0.1, -0.05) is 97.1 Å². The van der Waals surface area contributed by atoms with Gasteiger partial charge in [-0.15, -0.1) is 0 Å². The van der Waals surface area contributed by atoms with Crippen molar-refractivity contribution in [2.75, 3.05) is 11.1 Å². The van der Waals surface area contributed by atoms with Gasteiger partial charge < -0.3 is 14.7 Å². The van der Waals surface area contributed by atoms with Gasteiger partial charge in [-0.05, 0) is 77.1 Å².